The molecule has 0 spiro atoms. The number of halogens is 2. The zero-order valence-electron chi connectivity index (χ0n) is 14.7. The second kappa shape index (κ2) is 8.29. The first-order valence-corrected chi connectivity index (χ1v) is 10.5. The Morgan fingerprint density at radius 1 is 1.15 bits per heavy atom. The largest absolute Gasteiger partial charge is 0.348 e. The van der Waals surface area contributed by atoms with E-state index >= 15 is 0 Å². The molecular formula is C18H20Cl2N2O3S. The number of carbonyl (C=O) groups excluding carboxylic acids is 1. The summed E-state index contributed by atoms with van der Waals surface area (Å²) in [5.41, 5.74) is 2.21. The van der Waals surface area contributed by atoms with Gasteiger partial charge in [-0.1, -0.05) is 59.1 Å². The molecule has 26 heavy (non-hydrogen) atoms. The summed E-state index contributed by atoms with van der Waals surface area (Å²) in [4.78, 5) is 12.4. The fourth-order valence-corrected chi connectivity index (χ4v) is 3.73. The Bertz CT molecular complexity index is 899. The predicted molar refractivity (Wildman–Crippen MR) is 106 cm³/mol. The second-order valence-electron chi connectivity index (χ2n) is 6.04. The summed E-state index contributed by atoms with van der Waals surface area (Å²) in [5, 5.41) is 3.10. The number of carbonyl (C=O) groups is 1. The SMILES string of the molecule is Cc1ccc(C(C)NC(=O)CN(c2cccc(Cl)c2Cl)S(C)(=O)=O)cc1. The molecule has 1 unspecified atom stereocenters. The third-order valence-electron chi connectivity index (χ3n) is 3.84. The van der Waals surface area contributed by atoms with Gasteiger partial charge in [0, 0.05) is 0 Å². The van der Waals surface area contributed by atoms with Crippen LogP contribution < -0.4 is 9.62 Å². The van der Waals surface area contributed by atoms with E-state index in [4.69, 9.17) is 23.2 Å². The lowest BCUT2D eigenvalue weighted by Crippen LogP contribution is -2.41. The van der Waals surface area contributed by atoms with Crippen molar-refractivity contribution >= 4 is 44.8 Å². The van der Waals surface area contributed by atoms with Crippen LogP contribution in [0, 0.1) is 6.92 Å². The van der Waals surface area contributed by atoms with Crippen LogP contribution in [0.4, 0.5) is 5.69 Å². The number of aryl methyl sites for hydroxylation is 1. The molecule has 0 radical (unpaired) electrons. The van der Waals surface area contributed by atoms with Gasteiger partial charge in [-0.2, -0.15) is 0 Å². The minimum absolute atomic E-state index is 0.0824. The number of rotatable bonds is 6. The van der Waals surface area contributed by atoms with Crippen LogP contribution in [-0.2, 0) is 14.8 Å². The molecule has 0 aliphatic carbocycles. The Labute approximate surface area is 164 Å². The molecule has 2 rings (SSSR count). The van der Waals surface area contributed by atoms with Gasteiger partial charge in [0.1, 0.15) is 6.54 Å². The van der Waals surface area contributed by atoms with E-state index in [0.29, 0.717) is 0 Å². The summed E-state index contributed by atoms with van der Waals surface area (Å²) in [6, 6.07) is 12.1. The summed E-state index contributed by atoms with van der Waals surface area (Å²) in [5.74, 6) is -0.445. The third-order valence-corrected chi connectivity index (χ3v) is 5.78. The molecule has 1 N–H and O–H groups in total. The average molecular weight is 415 g/mol. The highest BCUT2D eigenvalue weighted by atomic mass is 35.5. The molecule has 0 saturated carbocycles. The van der Waals surface area contributed by atoms with Gasteiger partial charge in [-0.05, 0) is 31.5 Å². The average Bonchev–Trinajstić information content (AvgIpc) is 2.55. The molecule has 0 bridgehead atoms. The van der Waals surface area contributed by atoms with Gasteiger partial charge in [0.05, 0.1) is 28.0 Å². The summed E-state index contributed by atoms with van der Waals surface area (Å²) in [6.45, 7) is 3.42. The van der Waals surface area contributed by atoms with Crippen LogP contribution in [0.1, 0.15) is 24.1 Å². The molecule has 0 saturated heterocycles. The van der Waals surface area contributed by atoms with E-state index in [0.717, 1.165) is 21.7 Å². The summed E-state index contributed by atoms with van der Waals surface area (Å²) in [7, 11) is -3.73. The maximum atomic E-state index is 12.4. The summed E-state index contributed by atoms with van der Waals surface area (Å²) < 4.78 is 25.3. The number of hydrogen-bond acceptors (Lipinski definition) is 3. The van der Waals surface area contributed by atoms with E-state index in [-0.39, 0.29) is 21.8 Å². The van der Waals surface area contributed by atoms with Gasteiger partial charge in [-0.3, -0.25) is 9.10 Å². The minimum atomic E-state index is -3.73. The van der Waals surface area contributed by atoms with E-state index in [1.807, 2.05) is 38.1 Å². The number of benzene rings is 2. The first kappa shape index (κ1) is 20.6. The van der Waals surface area contributed by atoms with Crippen LogP contribution in [0.2, 0.25) is 10.0 Å². The van der Waals surface area contributed by atoms with Gasteiger partial charge >= 0.3 is 0 Å². The topological polar surface area (TPSA) is 66.5 Å². The number of amides is 1. The number of nitrogens with zero attached hydrogens (tertiary/aromatic N) is 1. The molecule has 140 valence electrons. The molecule has 0 aliphatic rings. The molecule has 0 fully saturated rings. The lowest BCUT2D eigenvalue weighted by molar-refractivity contribution is -0.120. The highest BCUT2D eigenvalue weighted by Gasteiger charge is 2.24. The lowest BCUT2D eigenvalue weighted by Gasteiger charge is -2.24. The van der Waals surface area contributed by atoms with E-state index < -0.39 is 22.5 Å². The van der Waals surface area contributed by atoms with Crippen LogP contribution in [-0.4, -0.2) is 27.1 Å². The second-order valence-corrected chi connectivity index (χ2v) is 8.73. The van der Waals surface area contributed by atoms with Crippen LogP contribution in [0.5, 0.6) is 0 Å². The Morgan fingerprint density at radius 2 is 1.77 bits per heavy atom. The molecule has 0 heterocycles. The number of anilines is 1. The van der Waals surface area contributed by atoms with E-state index in [1.54, 1.807) is 12.1 Å². The van der Waals surface area contributed by atoms with Crippen molar-refractivity contribution in [3.05, 3.63) is 63.6 Å². The van der Waals surface area contributed by atoms with Gasteiger partial charge < -0.3 is 5.32 Å². The van der Waals surface area contributed by atoms with Crippen LogP contribution in [0.15, 0.2) is 42.5 Å². The number of sulfonamides is 1. The summed E-state index contributed by atoms with van der Waals surface area (Å²) >= 11 is 12.1. The molecular weight excluding hydrogens is 395 g/mol. The zero-order chi connectivity index (χ0) is 19.5. The lowest BCUT2D eigenvalue weighted by atomic mass is 10.1. The van der Waals surface area contributed by atoms with Gasteiger partial charge in [0.2, 0.25) is 15.9 Å². The monoisotopic (exact) mass is 414 g/mol. The normalized spacial score (nSPS) is 12.5. The molecule has 2 aromatic carbocycles. The quantitative estimate of drug-likeness (QED) is 0.777. The van der Waals surface area contributed by atoms with Crippen molar-refractivity contribution in [1.82, 2.24) is 5.32 Å². The van der Waals surface area contributed by atoms with Crippen molar-refractivity contribution in [2.24, 2.45) is 0 Å². The van der Waals surface area contributed by atoms with Crippen molar-refractivity contribution in [3.8, 4) is 0 Å². The fraction of sp³-hybridized carbons (Fsp3) is 0.278. The smallest absolute Gasteiger partial charge is 0.241 e. The predicted octanol–water partition coefficient (Wildman–Crippen LogP) is 3.95. The highest BCUT2D eigenvalue weighted by Crippen LogP contribution is 2.33. The number of hydrogen-bond donors (Lipinski definition) is 1. The van der Waals surface area contributed by atoms with Crippen molar-refractivity contribution in [1.29, 1.82) is 0 Å². The van der Waals surface area contributed by atoms with Crippen LogP contribution in [0.3, 0.4) is 0 Å². The first-order chi connectivity index (χ1) is 12.1. The van der Waals surface area contributed by atoms with Crippen LogP contribution in [0.25, 0.3) is 0 Å². The van der Waals surface area contributed by atoms with Gasteiger partial charge in [-0.25, -0.2) is 8.42 Å². The Morgan fingerprint density at radius 3 is 2.35 bits per heavy atom. The molecule has 8 heteroatoms. The van der Waals surface area contributed by atoms with Gasteiger partial charge in [0.15, 0.2) is 0 Å². The van der Waals surface area contributed by atoms with Crippen molar-refractivity contribution in [2.45, 2.75) is 19.9 Å². The maximum absolute atomic E-state index is 12.4. The zero-order valence-corrected chi connectivity index (χ0v) is 17.0. The van der Waals surface area contributed by atoms with E-state index in [1.165, 1.54) is 6.07 Å². The van der Waals surface area contributed by atoms with Crippen molar-refractivity contribution in [3.63, 3.8) is 0 Å². The standard InChI is InChI=1S/C18H20Cl2N2O3S/c1-12-7-9-14(10-8-12)13(2)21-17(23)11-22(26(3,24)25)16-6-4-5-15(19)18(16)20/h4-10,13H,11H2,1-3H3,(H,21,23). The van der Waals surface area contributed by atoms with E-state index in [2.05, 4.69) is 5.32 Å². The molecule has 1 amide bonds. The summed E-state index contributed by atoms with van der Waals surface area (Å²) in [6.07, 6.45) is 1.01. The Balaban J connectivity index is 2.19. The van der Waals surface area contributed by atoms with Crippen molar-refractivity contribution < 1.29 is 13.2 Å². The Hall–Kier alpha value is -1.76. The van der Waals surface area contributed by atoms with E-state index in [9.17, 15) is 13.2 Å². The molecule has 1 atom stereocenters. The Kier molecular flexibility index (Phi) is 6.55. The fourth-order valence-electron chi connectivity index (χ4n) is 2.42. The highest BCUT2D eigenvalue weighted by molar-refractivity contribution is 7.92. The van der Waals surface area contributed by atoms with Gasteiger partial charge in [-0.15, -0.1) is 0 Å². The minimum Gasteiger partial charge on any atom is -0.348 e. The number of nitrogens with one attached hydrogen (secondary N) is 1. The maximum Gasteiger partial charge on any atom is 0.241 e. The molecule has 5 nitrogen and oxygen atoms in total. The third kappa shape index (κ3) is 5.13. The molecule has 0 aliphatic heterocycles. The molecule has 0 aromatic heterocycles. The van der Waals surface area contributed by atoms with Crippen LogP contribution >= 0.6 is 23.2 Å². The van der Waals surface area contributed by atoms with Gasteiger partial charge in [0.25, 0.3) is 0 Å². The van der Waals surface area contributed by atoms with Crippen molar-refractivity contribution in [2.75, 3.05) is 17.1 Å². The molecule has 2 aromatic rings. The first-order valence-electron chi connectivity index (χ1n) is 7.87.